The van der Waals surface area contributed by atoms with Crippen molar-refractivity contribution in [3.8, 4) is 5.69 Å². The van der Waals surface area contributed by atoms with E-state index in [1.165, 1.54) is 5.56 Å². The van der Waals surface area contributed by atoms with Crippen LogP contribution in [0.4, 0.5) is 0 Å². The molecule has 0 unspecified atom stereocenters. The maximum atomic E-state index is 12.6. The number of benzene rings is 2. The first kappa shape index (κ1) is 20.8. The number of aliphatic hydroxyl groups excluding tert-OH is 1. The molecule has 152 valence electrons. The lowest BCUT2D eigenvalue weighted by molar-refractivity contribution is 0.0852. The van der Waals surface area contributed by atoms with Crippen molar-refractivity contribution in [3.05, 3.63) is 82.7 Å². The van der Waals surface area contributed by atoms with Crippen LogP contribution < -0.4 is 5.32 Å². The normalized spacial score (nSPS) is 13.1. The molecule has 1 heterocycles. The Balaban J connectivity index is 1.71. The predicted molar refractivity (Wildman–Crippen MR) is 115 cm³/mol. The van der Waals surface area contributed by atoms with Crippen LogP contribution in [0.15, 0.2) is 54.6 Å². The van der Waals surface area contributed by atoms with Crippen LogP contribution in [-0.4, -0.2) is 26.8 Å². The summed E-state index contributed by atoms with van der Waals surface area (Å²) in [7, 11) is 0. The number of nitrogens with one attached hydrogen (secondary N) is 1. The minimum atomic E-state index is -0.758. The van der Waals surface area contributed by atoms with Crippen LogP contribution >= 0.6 is 0 Å². The van der Waals surface area contributed by atoms with Crippen LogP contribution in [0.2, 0.25) is 0 Å². The summed E-state index contributed by atoms with van der Waals surface area (Å²) in [6, 6.07) is 16.3. The molecule has 0 saturated carbocycles. The zero-order chi connectivity index (χ0) is 21.0. The monoisotopic (exact) mass is 391 g/mol. The van der Waals surface area contributed by atoms with E-state index in [0.717, 1.165) is 35.5 Å². The quantitative estimate of drug-likeness (QED) is 0.631. The van der Waals surface area contributed by atoms with E-state index in [0.29, 0.717) is 5.56 Å². The average molecular weight is 392 g/mol. The van der Waals surface area contributed by atoms with Crippen molar-refractivity contribution in [1.82, 2.24) is 15.1 Å². The molecule has 2 atom stereocenters. The van der Waals surface area contributed by atoms with Crippen LogP contribution in [0.1, 0.15) is 59.2 Å². The summed E-state index contributed by atoms with van der Waals surface area (Å²) in [5, 5.41) is 18.0. The number of aryl methyl sites for hydroxylation is 1. The van der Waals surface area contributed by atoms with Gasteiger partial charge in [0.2, 0.25) is 0 Å². The van der Waals surface area contributed by atoms with E-state index in [9.17, 15) is 9.90 Å². The molecule has 0 aliphatic carbocycles. The van der Waals surface area contributed by atoms with E-state index >= 15 is 0 Å². The minimum absolute atomic E-state index is 0.209. The lowest BCUT2D eigenvalue weighted by atomic mass is 10.0. The molecule has 0 fully saturated rings. The highest BCUT2D eigenvalue weighted by molar-refractivity contribution is 5.94. The second-order valence-corrected chi connectivity index (χ2v) is 7.48. The predicted octanol–water partition coefficient (Wildman–Crippen LogP) is 4.29. The molecule has 29 heavy (non-hydrogen) atoms. The number of aromatic nitrogens is 2. The first-order chi connectivity index (χ1) is 13.9. The molecule has 0 aliphatic rings. The molecule has 2 N–H and O–H groups in total. The molecular weight excluding hydrogens is 362 g/mol. The third-order valence-electron chi connectivity index (χ3n) is 5.29. The first-order valence-electron chi connectivity index (χ1n) is 10.1. The fraction of sp³-hybridized carbons (Fsp3) is 0.333. The number of rotatable bonds is 7. The van der Waals surface area contributed by atoms with Crippen molar-refractivity contribution in [3.63, 3.8) is 0 Å². The van der Waals surface area contributed by atoms with Crippen LogP contribution in [-0.2, 0) is 6.42 Å². The van der Waals surface area contributed by atoms with Gasteiger partial charge < -0.3 is 10.4 Å². The van der Waals surface area contributed by atoms with E-state index < -0.39 is 12.1 Å². The number of nitrogens with zero attached hydrogens (tertiary/aromatic N) is 2. The highest BCUT2D eigenvalue weighted by Gasteiger charge is 2.19. The SMILES string of the molecule is CCCc1c(C)nn(-c2ccc(C(=O)N[C@@H](C)[C@H](O)c3ccccc3)cc2)c1C. The Bertz CT molecular complexity index is 962. The highest BCUT2D eigenvalue weighted by atomic mass is 16.3. The molecule has 0 radical (unpaired) electrons. The van der Waals surface area contributed by atoms with Gasteiger partial charge in [0, 0.05) is 11.3 Å². The van der Waals surface area contributed by atoms with E-state index in [4.69, 9.17) is 0 Å². The molecule has 0 saturated heterocycles. The van der Waals surface area contributed by atoms with Gasteiger partial charge in [-0.2, -0.15) is 5.10 Å². The maximum absolute atomic E-state index is 12.6. The summed E-state index contributed by atoms with van der Waals surface area (Å²) in [5.41, 5.74) is 5.75. The Hall–Kier alpha value is -2.92. The molecule has 0 spiro atoms. The third-order valence-corrected chi connectivity index (χ3v) is 5.29. The van der Waals surface area contributed by atoms with Crippen LogP contribution in [0, 0.1) is 13.8 Å². The molecule has 5 nitrogen and oxygen atoms in total. The maximum Gasteiger partial charge on any atom is 0.251 e. The fourth-order valence-corrected chi connectivity index (χ4v) is 3.60. The summed E-state index contributed by atoms with van der Waals surface area (Å²) in [6.07, 6.45) is 1.34. The second kappa shape index (κ2) is 9.05. The van der Waals surface area contributed by atoms with Gasteiger partial charge in [-0.3, -0.25) is 4.79 Å². The number of aliphatic hydroxyl groups is 1. The lowest BCUT2D eigenvalue weighted by Crippen LogP contribution is -2.37. The van der Waals surface area contributed by atoms with Gasteiger partial charge in [0.15, 0.2) is 0 Å². The Labute approximate surface area is 172 Å². The number of carbonyl (C=O) groups is 1. The summed E-state index contributed by atoms with van der Waals surface area (Å²) < 4.78 is 1.93. The van der Waals surface area contributed by atoms with Gasteiger partial charge in [0.1, 0.15) is 0 Å². The fourth-order valence-electron chi connectivity index (χ4n) is 3.60. The Morgan fingerprint density at radius 2 is 1.76 bits per heavy atom. The largest absolute Gasteiger partial charge is 0.386 e. The molecule has 3 rings (SSSR count). The molecule has 2 aromatic carbocycles. The van der Waals surface area contributed by atoms with E-state index in [1.54, 1.807) is 19.1 Å². The molecule has 0 bridgehead atoms. The summed E-state index contributed by atoms with van der Waals surface area (Å²) in [5.74, 6) is -0.209. The topological polar surface area (TPSA) is 67.2 Å². The summed E-state index contributed by atoms with van der Waals surface area (Å²) in [4.78, 5) is 12.6. The molecule has 3 aromatic rings. The van der Waals surface area contributed by atoms with Crippen molar-refractivity contribution in [2.75, 3.05) is 0 Å². The number of carbonyl (C=O) groups excluding carboxylic acids is 1. The van der Waals surface area contributed by atoms with Gasteiger partial charge in [-0.05, 0) is 62.6 Å². The lowest BCUT2D eigenvalue weighted by Gasteiger charge is -2.20. The number of hydrogen-bond donors (Lipinski definition) is 2. The summed E-state index contributed by atoms with van der Waals surface area (Å²) in [6.45, 7) is 8.09. The smallest absolute Gasteiger partial charge is 0.251 e. The Morgan fingerprint density at radius 1 is 1.10 bits per heavy atom. The van der Waals surface area contributed by atoms with Crippen molar-refractivity contribution >= 4 is 5.91 Å². The first-order valence-corrected chi connectivity index (χ1v) is 10.1. The molecular formula is C24H29N3O2. The Kier molecular flexibility index (Phi) is 6.49. The van der Waals surface area contributed by atoms with E-state index in [1.807, 2.05) is 54.1 Å². The van der Waals surface area contributed by atoms with Crippen LogP contribution in [0.5, 0.6) is 0 Å². The van der Waals surface area contributed by atoms with Gasteiger partial charge in [-0.15, -0.1) is 0 Å². The van der Waals surface area contributed by atoms with Gasteiger partial charge >= 0.3 is 0 Å². The van der Waals surface area contributed by atoms with Crippen LogP contribution in [0.25, 0.3) is 5.69 Å². The van der Waals surface area contributed by atoms with Crippen molar-refractivity contribution in [1.29, 1.82) is 0 Å². The van der Waals surface area contributed by atoms with Crippen LogP contribution in [0.3, 0.4) is 0 Å². The third kappa shape index (κ3) is 4.57. The average Bonchev–Trinajstić information content (AvgIpc) is 3.02. The second-order valence-electron chi connectivity index (χ2n) is 7.48. The van der Waals surface area contributed by atoms with Gasteiger partial charge in [-0.1, -0.05) is 43.7 Å². The summed E-state index contributed by atoms with van der Waals surface area (Å²) >= 11 is 0. The molecule has 1 aromatic heterocycles. The van der Waals surface area contributed by atoms with Gasteiger partial charge in [0.25, 0.3) is 5.91 Å². The van der Waals surface area contributed by atoms with Crippen molar-refractivity contribution in [2.45, 2.75) is 52.7 Å². The highest BCUT2D eigenvalue weighted by Crippen LogP contribution is 2.20. The zero-order valence-electron chi connectivity index (χ0n) is 17.5. The molecule has 1 amide bonds. The van der Waals surface area contributed by atoms with Crippen molar-refractivity contribution in [2.24, 2.45) is 0 Å². The Morgan fingerprint density at radius 3 is 2.38 bits per heavy atom. The molecule has 5 heteroatoms. The number of amides is 1. The molecule has 0 aliphatic heterocycles. The standard InChI is InChI=1S/C24H29N3O2/c1-5-9-22-16(2)26-27(18(22)4)21-14-12-20(13-15-21)24(29)25-17(3)23(28)19-10-7-6-8-11-19/h6-8,10-15,17,23,28H,5,9H2,1-4H3,(H,25,29)/t17-,23-/m0/s1. The van der Waals surface area contributed by atoms with Gasteiger partial charge in [0.05, 0.1) is 23.5 Å². The van der Waals surface area contributed by atoms with E-state index in [2.05, 4.69) is 24.3 Å². The number of hydrogen-bond acceptors (Lipinski definition) is 3. The minimum Gasteiger partial charge on any atom is -0.386 e. The van der Waals surface area contributed by atoms with Gasteiger partial charge in [-0.25, -0.2) is 4.68 Å². The zero-order valence-corrected chi connectivity index (χ0v) is 17.5. The van der Waals surface area contributed by atoms with E-state index in [-0.39, 0.29) is 5.91 Å². The van der Waals surface area contributed by atoms with Crippen molar-refractivity contribution < 1.29 is 9.90 Å².